The van der Waals surface area contributed by atoms with Gasteiger partial charge in [-0.05, 0) is 38.1 Å². The number of amides is 1. The molecule has 2 atom stereocenters. The third kappa shape index (κ3) is 3.96. The number of aliphatic hydroxyl groups is 1. The van der Waals surface area contributed by atoms with Crippen LogP contribution in [0, 0.1) is 11.3 Å². The summed E-state index contributed by atoms with van der Waals surface area (Å²) in [4.78, 5) is 12.2. The largest absolute Gasteiger partial charge is 0.396 e. The predicted molar refractivity (Wildman–Crippen MR) is 68.7 cm³/mol. The Balaban J connectivity index is 2.43. The van der Waals surface area contributed by atoms with Gasteiger partial charge in [0, 0.05) is 19.7 Å². The first-order chi connectivity index (χ1) is 8.14. The highest BCUT2D eigenvalue weighted by Crippen LogP contribution is 2.30. The van der Waals surface area contributed by atoms with Crippen LogP contribution in [0.1, 0.15) is 39.5 Å². The van der Waals surface area contributed by atoms with E-state index in [1.54, 1.807) is 0 Å². The zero-order valence-electron chi connectivity index (χ0n) is 11.1. The molecule has 0 aromatic heterocycles. The summed E-state index contributed by atoms with van der Waals surface area (Å²) >= 11 is 0. The van der Waals surface area contributed by atoms with Gasteiger partial charge in [0.05, 0.1) is 5.41 Å². The second-order valence-electron chi connectivity index (χ2n) is 5.24. The normalized spacial score (nSPS) is 26.5. The van der Waals surface area contributed by atoms with Crippen molar-refractivity contribution >= 4 is 5.91 Å². The Bertz CT molecular complexity index is 238. The van der Waals surface area contributed by atoms with Crippen LogP contribution in [0.4, 0.5) is 0 Å². The van der Waals surface area contributed by atoms with Crippen LogP contribution in [0.5, 0.6) is 0 Å². The number of aliphatic hydroxyl groups excluding tert-OH is 1. The smallest absolute Gasteiger partial charge is 0.227 e. The van der Waals surface area contributed by atoms with Crippen molar-refractivity contribution < 1.29 is 9.90 Å². The van der Waals surface area contributed by atoms with Crippen LogP contribution < -0.4 is 10.6 Å². The minimum atomic E-state index is -0.211. The summed E-state index contributed by atoms with van der Waals surface area (Å²) in [6, 6.07) is 0. The number of hydrogen-bond donors (Lipinski definition) is 3. The summed E-state index contributed by atoms with van der Waals surface area (Å²) in [7, 11) is 0. The molecule has 0 bridgehead atoms. The van der Waals surface area contributed by atoms with E-state index in [-0.39, 0.29) is 17.9 Å². The molecule has 0 aromatic carbocycles. The zero-order chi connectivity index (χ0) is 12.7. The second kappa shape index (κ2) is 6.97. The third-order valence-corrected chi connectivity index (χ3v) is 3.86. The van der Waals surface area contributed by atoms with E-state index in [9.17, 15) is 4.79 Å². The highest BCUT2D eigenvalue weighted by Gasteiger charge is 2.37. The van der Waals surface area contributed by atoms with Gasteiger partial charge < -0.3 is 15.7 Å². The van der Waals surface area contributed by atoms with Crippen LogP contribution in [0.2, 0.25) is 0 Å². The van der Waals surface area contributed by atoms with E-state index in [1.807, 2.05) is 6.92 Å². The van der Waals surface area contributed by atoms with E-state index in [2.05, 4.69) is 17.6 Å². The Hall–Kier alpha value is -0.610. The van der Waals surface area contributed by atoms with Crippen LogP contribution in [0.25, 0.3) is 0 Å². The molecule has 3 N–H and O–H groups in total. The van der Waals surface area contributed by atoms with Gasteiger partial charge in [0.1, 0.15) is 0 Å². The molecule has 2 unspecified atom stereocenters. The highest BCUT2D eigenvalue weighted by molar-refractivity contribution is 5.83. The Kier molecular flexibility index (Phi) is 5.92. The third-order valence-electron chi connectivity index (χ3n) is 3.86. The van der Waals surface area contributed by atoms with E-state index in [4.69, 9.17) is 5.11 Å². The Morgan fingerprint density at radius 3 is 2.88 bits per heavy atom. The van der Waals surface area contributed by atoms with Crippen LogP contribution in [-0.4, -0.2) is 37.3 Å². The first kappa shape index (κ1) is 14.5. The lowest BCUT2D eigenvalue weighted by molar-refractivity contribution is -0.132. The quantitative estimate of drug-likeness (QED) is 0.648. The number of nitrogens with one attached hydrogen (secondary N) is 2. The molecule has 1 aliphatic rings. The first-order valence-electron chi connectivity index (χ1n) is 6.74. The fourth-order valence-corrected chi connectivity index (χ4v) is 2.40. The fraction of sp³-hybridized carbons (Fsp3) is 0.923. The van der Waals surface area contributed by atoms with Gasteiger partial charge in [-0.25, -0.2) is 0 Å². The lowest BCUT2D eigenvalue weighted by Gasteiger charge is -2.35. The standard InChI is InChI=1S/C13H26N2O2/c1-3-13(6-4-7-14-10-13)12(17)15-9-11(2)5-8-16/h11,14,16H,3-10H2,1-2H3,(H,15,17). The molecule has 1 heterocycles. The zero-order valence-corrected chi connectivity index (χ0v) is 11.1. The van der Waals surface area contributed by atoms with Crippen molar-refractivity contribution in [2.45, 2.75) is 39.5 Å². The molecule has 1 fully saturated rings. The average molecular weight is 242 g/mol. The van der Waals surface area contributed by atoms with E-state index in [0.717, 1.165) is 38.8 Å². The molecular formula is C13H26N2O2. The number of piperidine rings is 1. The van der Waals surface area contributed by atoms with Crippen LogP contribution in [-0.2, 0) is 4.79 Å². The Labute approximate surface area is 104 Å². The van der Waals surface area contributed by atoms with Crippen molar-refractivity contribution in [3.8, 4) is 0 Å². The molecule has 100 valence electrons. The topological polar surface area (TPSA) is 61.4 Å². The molecule has 1 rings (SSSR count). The Morgan fingerprint density at radius 1 is 1.59 bits per heavy atom. The van der Waals surface area contributed by atoms with Crippen molar-refractivity contribution in [1.29, 1.82) is 0 Å². The van der Waals surface area contributed by atoms with Crippen LogP contribution in [0.3, 0.4) is 0 Å². The van der Waals surface area contributed by atoms with Crippen molar-refractivity contribution in [3.05, 3.63) is 0 Å². The molecule has 4 nitrogen and oxygen atoms in total. The molecular weight excluding hydrogens is 216 g/mol. The van der Waals surface area contributed by atoms with E-state index < -0.39 is 0 Å². The minimum Gasteiger partial charge on any atom is -0.396 e. The van der Waals surface area contributed by atoms with E-state index >= 15 is 0 Å². The minimum absolute atomic E-state index is 0.178. The molecule has 1 saturated heterocycles. The molecule has 0 radical (unpaired) electrons. The molecule has 0 aliphatic carbocycles. The number of carbonyl (C=O) groups is 1. The maximum Gasteiger partial charge on any atom is 0.227 e. The first-order valence-corrected chi connectivity index (χ1v) is 6.74. The van der Waals surface area contributed by atoms with E-state index in [0.29, 0.717) is 12.5 Å². The van der Waals surface area contributed by atoms with Gasteiger partial charge in [0.25, 0.3) is 0 Å². The second-order valence-corrected chi connectivity index (χ2v) is 5.24. The van der Waals surface area contributed by atoms with E-state index in [1.165, 1.54) is 0 Å². The highest BCUT2D eigenvalue weighted by atomic mass is 16.3. The van der Waals surface area contributed by atoms with Crippen LogP contribution >= 0.6 is 0 Å². The van der Waals surface area contributed by atoms with Gasteiger partial charge >= 0.3 is 0 Å². The summed E-state index contributed by atoms with van der Waals surface area (Å²) in [5.41, 5.74) is -0.211. The SMILES string of the molecule is CCC1(C(=O)NCC(C)CCO)CCCNC1. The summed E-state index contributed by atoms with van der Waals surface area (Å²) in [6.45, 7) is 6.82. The molecule has 0 spiro atoms. The summed E-state index contributed by atoms with van der Waals surface area (Å²) in [5.74, 6) is 0.520. The van der Waals surface area contributed by atoms with Crippen molar-refractivity contribution in [2.24, 2.45) is 11.3 Å². The van der Waals surface area contributed by atoms with Gasteiger partial charge in [-0.1, -0.05) is 13.8 Å². The average Bonchev–Trinajstić information content (AvgIpc) is 2.37. The Morgan fingerprint density at radius 2 is 2.35 bits per heavy atom. The molecule has 0 saturated carbocycles. The lowest BCUT2D eigenvalue weighted by Crippen LogP contribution is -2.50. The monoisotopic (exact) mass is 242 g/mol. The summed E-state index contributed by atoms with van der Waals surface area (Å²) in [6.07, 6.45) is 3.70. The molecule has 1 aliphatic heterocycles. The maximum atomic E-state index is 12.2. The van der Waals surface area contributed by atoms with Gasteiger partial charge in [0.2, 0.25) is 5.91 Å². The van der Waals surface area contributed by atoms with Gasteiger partial charge in [0.15, 0.2) is 0 Å². The summed E-state index contributed by atoms with van der Waals surface area (Å²) in [5, 5.41) is 15.2. The lowest BCUT2D eigenvalue weighted by atomic mass is 9.77. The maximum absolute atomic E-state index is 12.2. The molecule has 0 aromatic rings. The number of hydrogen-bond acceptors (Lipinski definition) is 3. The number of carbonyl (C=O) groups excluding carboxylic acids is 1. The van der Waals surface area contributed by atoms with Crippen molar-refractivity contribution in [1.82, 2.24) is 10.6 Å². The van der Waals surface area contributed by atoms with Gasteiger partial charge in [-0.2, -0.15) is 0 Å². The van der Waals surface area contributed by atoms with Gasteiger partial charge in [-0.15, -0.1) is 0 Å². The molecule has 1 amide bonds. The fourth-order valence-electron chi connectivity index (χ4n) is 2.40. The molecule has 17 heavy (non-hydrogen) atoms. The van der Waals surface area contributed by atoms with Gasteiger partial charge in [-0.3, -0.25) is 4.79 Å². The summed E-state index contributed by atoms with van der Waals surface area (Å²) < 4.78 is 0. The van der Waals surface area contributed by atoms with Crippen molar-refractivity contribution in [3.63, 3.8) is 0 Å². The van der Waals surface area contributed by atoms with Crippen LogP contribution in [0.15, 0.2) is 0 Å². The predicted octanol–water partition coefficient (Wildman–Crippen LogP) is 0.901. The van der Waals surface area contributed by atoms with Crippen molar-refractivity contribution in [2.75, 3.05) is 26.2 Å². The molecule has 4 heteroatoms. The number of rotatable bonds is 6.